The molecule has 7 nitrogen and oxygen atoms in total. The van der Waals surface area contributed by atoms with E-state index < -0.39 is 0 Å². The van der Waals surface area contributed by atoms with Crippen LogP contribution in [0.3, 0.4) is 0 Å². The van der Waals surface area contributed by atoms with Gasteiger partial charge in [-0.2, -0.15) is 0 Å². The van der Waals surface area contributed by atoms with Gasteiger partial charge in [0, 0.05) is 75.4 Å². The molecule has 0 aliphatic carbocycles. The first-order valence-corrected chi connectivity index (χ1v) is 47.6. The molecule has 7 aromatic heterocycles. The summed E-state index contributed by atoms with van der Waals surface area (Å²) in [5, 5.41) is 16.5. The monoisotopic (exact) mass is 1810 g/mol. The summed E-state index contributed by atoms with van der Waals surface area (Å²) in [5.41, 5.74) is 39.3. The van der Waals surface area contributed by atoms with Crippen LogP contribution in [0.1, 0.15) is 38.9 Å². The molecule has 0 amide bonds. The van der Waals surface area contributed by atoms with E-state index in [1.807, 2.05) is 97.1 Å². The van der Waals surface area contributed by atoms with Crippen LogP contribution in [0, 0.1) is 48.5 Å². The van der Waals surface area contributed by atoms with Crippen LogP contribution in [0.4, 0.5) is 0 Å². The molecule has 0 saturated carbocycles. The highest BCUT2D eigenvalue weighted by atomic mass is 16.4. The molecule has 7 heterocycles. The summed E-state index contributed by atoms with van der Waals surface area (Å²) in [7, 11) is 0. The van der Waals surface area contributed by atoms with Gasteiger partial charge in [-0.15, -0.1) is 0 Å². The van der Waals surface area contributed by atoms with Crippen molar-refractivity contribution in [1.29, 1.82) is 0 Å². The molecule has 672 valence electrons. The summed E-state index contributed by atoms with van der Waals surface area (Å²) in [4.78, 5) is 0. The Morgan fingerprint density at radius 2 is 0.314 bits per heavy atom. The van der Waals surface area contributed by atoms with Crippen molar-refractivity contribution >= 4 is 154 Å². The molecule has 0 bridgehead atoms. The Balaban J connectivity index is 0.0000000939. The molecule has 0 unspecified atom stereocenters. The number of hydrogen-bond acceptors (Lipinski definition) is 7. The zero-order valence-electron chi connectivity index (χ0n) is 78.8. The van der Waals surface area contributed by atoms with Crippen molar-refractivity contribution in [2.45, 2.75) is 48.5 Å². The van der Waals surface area contributed by atoms with Crippen molar-refractivity contribution < 1.29 is 30.9 Å². The summed E-state index contributed by atoms with van der Waals surface area (Å²) in [5.74, 6) is 0. The molecule has 28 aromatic rings. The van der Waals surface area contributed by atoms with Crippen LogP contribution in [0.2, 0.25) is 0 Å². The Hall–Kier alpha value is -17.8. The molecule has 0 radical (unpaired) electrons. The number of benzene rings is 21. The van der Waals surface area contributed by atoms with Crippen molar-refractivity contribution in [3.05, 3.63) is 506 Å². The SMILES string of the molecule is Cc1ccc(-c2ccc3c(c2)oc2ccccc23)cc1.Cc1ccc(-c2ccc3oc4ccccc4c3c2)cc1.Cc1ccc2c(c1)oc1cc(-c3ccccc3)ccc12.Cc1cccc(-c2ccc3c(c2)oc2ccccc23)c1.Cc1cccc(-c2ccc3oc4ccccc4c3c2)c1.Cc1ccccc1-c1ccc2c(c1)oc1ccccc12.Cc1ccccc1-c1ccc2oc3ccccc3c2c1. The molecule has 0 N–H and O–H groups in total. The highest BCUT2D eigenvalue weighted by Crippen LogP contribution is 2.42. The Morgan fingerprint density at radius 3 is 0.693 bits per heavy atom. The van der Waals surface area contributed by atoms with Crippen LogP contribution < -0.4 is 0 Å². The second kappa shape index (κ2) is 38.5. The van der Waals surface area contributed by atoms with Gasteiger partial charge in [-0.3, -0.25) is 0 Å². The molecule has 7 heteroatoms. The van der Waals surface area contributed by atoms with Gasteiger partial charge in [0.1, 0.15) is 78.2 Å². The highest BCUT2D eigenvalue weighted by Gasteiger charge is 2.18. The maximum Gasteiger partial charge on any atom is 0.136 e. The third-order valence-corrected chi connectivity index (χ3v) is 26.4. The van der Waals surface area contributed by atoms with Crippen molar-refractivity contribution in [2.24, 2.45) is 0 Å². The van der Waals surface area contributed by atoms with Crippen molar-refractivity contribution in [1.82, 2.24) is 0 Å². The smallest absolute Gasteiger partial charge is 0.136 e. The fourth-order valence-corrected chi connectivity index (χ4v) is 19.0. The number of para-hydroxylation sites is 6. The van der Waals surface area contributed by atoms with E-state index in [1.54, 1.807) is 0 Å². The lowest BCUT2D eigenvalue weighted by molar-refractivity contribution is 0.668. The van der Waals surface area contributed by atoms with E-state index in [4.69, 9.17) is 30.9 Å². The molecule has 0 saturated heterocycles. The molecule has 140 heavy (non-hydrogen) atoms. The Kier molecular flexibility index (Phi) is 24.1. The molecule has 0 atom stereocenters. The minimum absolute atomic E-state index is 0.946. The Morgan fingerprint density at radius 1 is 0.107 bits per heavy atom. The van der Waals surface area contributed by atoms with Crippen LogP contribution in [0.15, 0.2) is 498 Å². The predicted octanol–water partition coefficient (Wildman–Crippen LogP) is 38.9. The molecular formula is C133H98O7. The van der Waals surface area contributed by atoms with Crippen molar-refractivity contribution in [3.8, 4) is 77.9 Å². The Labute approximate surface area is 811 Å². The Bertz CT molecular complexity index is 9390. The van der Waals surface area contributed by atoms with Crippen LogP contribution >= 0.6 is 0 Å². The topological polar surface area (TPSA) is 92.0 Å². The van der Waals surface area contributed by atoms with E-state index >= 15 is 0 Å². The second-order valence-electron chi connectivity index (χ2n) is 36.1. The fraction of sp³-hybridized carbons (Fsp3) is 0.0526. The van der Waals surface area contributed by atoms with Gasteiger partial charge in [0.25, 0.3) is 0 Å². The maximum absolute atomic E-state index is 6.00. The summed E-state index contributed by atoms with van der Waals surface area (Å²) < 4.78 is 41.4. The standard InChI is InChI=1S/7C19H14O/c1-13-5-4-6-14(11-13)15-9-10-19-17(12-15)16-7-2-3-8-18(16)20-19;1-13-5-4-6-14(11-13)15-9-10-17-16-7-2-3-8-18(16)20-19(17)12-15;1-13-6-2-3-7-15(13)14-10-11-19-17(12-14)16-8-4-5-9-18(16)20-19;1-13-6-2-3-7-15(13)14-10-11-17-16-8-4-5-9-18(16)20-19(17)12-14;1-13-6-8-14(9-7-13)15-10-11-19-17(12-15)16-4-2-3-5-18(16)20-19;1-13-6-8-14(9-7-13)15-10-11-17-16-4-2-3-5-18(16)20-19(17)12-15;1-13-7-9-16-17-10-8-15(14-5-3-2-4-6-14)12-19(17)20-18(16)11-13/h7*2-12H,1H3. The summed E-state index contributed by atoms with van der Waals surface area (Å²) >= 11 is 0. The van der Waals surface area contributed by atoms with Gasteiger partial charge in [0.15, 0.2) is 0 Å². The molecule has 0 aliphatic rings. The second-order valence-corrected chi connectivity index (χ2v) is 36.1. The lowest BCUT2D eigenvalue weighted by Gasteiger charge is -2.05. The molecule has 0 spiro atoms. The number of aryl methyl sites for hydroxylation is 7. The van der Waals surface area contributed by atoms with E-state index in [1.165, 1.54) is 192 Å². The van der Waals surface area contributed by atoms with Gasteiger partial charge >= 0.3 is 0 Å². The maximum atomic E-state index is 6.00. The minimum atomic E-state index is 0.946. The van der Waals surface area contributed by atoms with Crippen molar-refractivity contribution in [3.63, 3.8) is 0 Å². The average molecular weight is 1810 g/mol. The third kappa shape index (κ3) is 18.2. The van der Waals surface area contributed by atoms with Gasteiger partial charge in [-0.25, -0.2) is 0 Å². The first kappa shape index (κ1) is 87.6. The molecule has 0 fully saturated rings. The third-order valence-electron chi connectivity index (χ3n) is 26.4. The van der Waals surface area contributed by atoms with E-state index in [9.17, 15) is 0 Å². The summed E-state index contributed by atoms with van der Waals surface area (Å²) in [6.45, 7) is 14.8. The fourth-order valence-electron chi connectivity index (χ4n) is 19.0. The first-order chi connectivity index (χ1) is 68.7. The number of fused-ring (bicyclic) bond motifs is 21. The predicted molar refractivity (Wildman–Crippen MR) is 587 cm³/mol. The quantitative estimate of drug-likeness (QED) is 0.157. The normalized spacial score (nSPS) is 11.2. The zero-order chi connectivity index (χ0) is 94.7. The van der Waals surface area contributed by atoms with Gasteiger partial charge < -0.3 is 30.9 Å². The van der Waals surface area contributed by atoms with Crippen LogP contribution in [-0.4, -0.2) is 0 Å². The minimum Gasteiger partial charge on any atom is -0.456 e. The largest absolute Gasteiger partial charge is 0.456 e. The molecule has 21 aromatic carbocycles. The van der Waals surface area contributed by atoms with Crippen LogP contribution in [-0.2, 0) is 0 Å². The average Bonchev–Trinajstić information content (AvgIpc) is 1.67. The van der Waals surface area contributed by atoms with Crippen LogP contribution in [0.25, 0.3) is 231 Å². The van der Waals surface area contributed by atoms with E-state index in [0.717, 1.165) is 78.2 Å². The lowest BCUT2D eigenvalue weighted by atomic mass is 9.99. The van der Waals surface area contributed by atoms with Crippen molar-refractivity contribution in [2.75, 3.05) is 0 Å². The first-order valence-electron chi connectivity index (χ1n) is 47.6. The number of furan rings is 7. The van der Waals surface area contributed by atoms with Crippen LogP contribution in [0.5, 0.6) is 0 Å². The highest BCUT2D eigenvalue weighted by molar-refractivity contribution is 6.12. The molecular weight excluding hydrogens is 1710 g/mol. The van der Waals surface area contributed by atoms with Gasteiger partial charge in [0.2, 0.25) is 0 Å². The number of rotatable bonds is 7. The van der Waals surface area contributed by atoms with E-state index in [-0.39, 0.29) is 0 Å². The van der Waals surface area contributed by atoms with Gasteiger partial charge in [0.05, 0.1) is 0 Å². The summed E-state index contributed by atoms with van der Waals surface area (Å²) in [6.07, 6.45) is 0. The molecule has 0 aliphatic heterocycles. The summed E-state index contributed by atoms with van der Waals surface area (Å²) in [6, 6.07) is 162. The van der Waals surface area contributed by atoms with E-state index in [2.05, 4.69) is 419 Å². The van der Waals surface area contributed by atoms with Gasteiger partial charge in [-0.05, 0) is 270 Å². The molecule has 28 rings (SSSR count). The number of hydrogen-bond donors (Lipinski definition) is 0. The lowest BCUT2D eigenvalue weighted by Crippen LogP contribution is -1.81. The van der Waals surface area contributed by atoms with E-state index in [0.29, 0.717) is 0 Å². The zero-order valence-corrected chi connectivity index (χ0v) is 78.8. The van der Waals surface area contributed by atoms with Gasteiger partial charge in [-0.1, -0.05) is 362 Å².